The molecule has 1 N–H and O–H groups in total. The van der Waals surface area contributed by atoms with Gasteiger partial charge in [-0.25, -0.2) is 23.0 Å². The Bertz CT molecular complexity index is 751. The zero-order valence-corrected chi connectivity index (χ0v) is 23.4. The predicted octanol–water partition coefficient (Wildman–Crippen LogP) is 4.40. The second kappa shape index (κ2) is 21.3. The lowest BCUT2D eigenvalue weighted by Crippen LogP contribution is -2.28. The van der Waals surface area contributed by atoms with Gasteiger partial charge in [0.1, 0.15) is 15.1 Å². The van der Waals surface area contributed by atoms with Gasteiger partial charge in [-0.3, -0.25) is 14.5 Å². The predicted molar refractivity (Wildman–Crippen MR) is 141 cm³/mol. The van der Waals surface area contributed by atoms with Crippen LogP contribution >= 0.6 is 47.4 Å². The summed E-state index contributed by atoms with van der Waals surface area (Å²) in [5, 5.41) is 23.1. The molecule has 0 aliphatic rings. The van der Waals surface area contributed by atoms with Gasteiger partial charge < -0.3 is 5.32 Å². The molecule has 0 aromatic carbocycles. The fourth-order valence-corrected chi connectivity index (χ4v) is 2.44. The standard InChI is InChI=1S/C10H18N4O4S3.C7H11N3O2S/c1-7(19-5)11-17-9(15)13(3)21-14(4)10(16)18-12-8(2)20-6;1-6(13-5-3-4-8)10-12-7(11)9-2/h1-6H3;3,5H2,1-2H3,(H,9,11)/b11-7-,12-8-;10-6-. The van der Waals surface area contributed by atoms with Crippen LogP contribution in [0.5, 0.6) is 0 Å². The van der Waals surface area contributed by atoms with E-state index in [9.17, 15) is 14.4 Å². The van der Waals surface area contributed by atoms with Gasteiger partial charge in [0.25, 0.3) is 0 Å². The largest absolute Gasteiger partial charge is 0.447 e. The number of hydrogen-bond donors (Lipinski definition) is 1. The van der Waals surface area contributed by atoms with Crippen molar-refractivity contribution in [2.24, 2.45) is 15.5 Å². The fraction of sp³-hybridized carbons (Fsp3) is 0.588. The van der Waals surface area contributed by atoms with Crippen LogP contribution in [0.2, 0.25) is 0 Å². The second-order valence-electron chi connectivity index (χ2n) is 5.42. The summed E-state index contributed by atoms with van der Waals surface area (Å²) in [6, 6.07) is 2.00. The van der Waals surface area contributed by atoms with Gasteiger partial charge in [-0.1, -0.05) is 15.5 Å². The molecule has 0 saturated heterocycles. The van der Waals surface area contributed by atoms with Crippen molar-refractivity contribution >= 4 is 80.8 Å². The monoisotopic (exact) mass is 555 g/mol. The third-order valence-electron chi connectivity index (χ3n) is 2.84. The lowest BCUT2D eigenvalue weighted by Gasteiger charge is -2.19. The molecule has 13 nitrogen and oxygen atoms in total. The highest BCUT2D eigenvalue weighted by Gasteiger charge is 2.19. The number of oxime groups is 3. The summed E-state index contributed by atoms with van der Waals surface area (Å²) in [5.74, 6) is 0.656. The van der Waals surface area contributed by atoms with E-state index in [0.717, 1.165) is 20.7 Å². The first-order valence-corrected chi connectivity index (χ1v) is 13.4. The van der Waals surface area contributed by atoms with Crippen molar-refractivity contribution in [3.63, 3.8) is 0 Å². The third kappa shape index (κ3) is 19.2. The first-order chi connectivity index (χ1) is 16.0. The Kier molecular flexibility index (Phi) is 21.2. The molecule has 0 bridgehead atoms. The summed E-state index contributed by atoms with van der Waals surface area (Å²) in [5.41, 5.74) is 0. The molecule has 0 radical (unpaired) electrons. The topological polar surface area (TPSA) is 158 Å². The number of nitrogens with zero attached hydrogens (tertiary/aromatic N) is 6. The Morgan fingerprint density at radius 1 is 0.882 bits per heavy atom. The first-order valence-electron chi connectivity index (χ1n) is 9.19. The lowest BCUT2D eigenvalue weighted by atomic mass is 10.6. The molecule has 0 aromatic heterocycles. The average molecular weight is 556 g/mol. The Morgan fingerprint density at radius 2 is 1.32 bits per heavy atom. The maximum Gasteiger partial charge on any atom is 0.447 e. The molecule has 0 unspecified atom stereocenters. The van der Waals surface area contributed by atoms with Gasteiger partial charge in [0.05, 0.1) is 18.2 Å². The Morgan fingerprint density at radius 3 is 1.71 bits per heavy atom. The van der Waals surface area contributed by atoms with E-state index in [1.165, 1.54) is 56.4 Å². The summed E-state index contributed by atoms with van der Waals surface area (Å²) in [6.07, 6.45) is 2.06. The molecule has 0 fully saturated rings. The molecule has 0 heterocycles. The van der Waals surface area contributed by atoms with Crippen LogP contribution in [0.4, 0.5) is 14.4 Å². The maximum atomic E-state index is 11.6. The number of carbonyl (C=O) groups excluding carboxylic acids is 3. The molecule has 34 heavy (non-hydrogen) atoms. The molecule has 192 valence electrons. The van der Waals surface area contributed by atoms with Crippen molar-refractivity contribution in [2.75, 3.05) is 39.4 Å². The van der Waals surface area contributed by atoms with Crippen LogP contribution in [0.3, 0.4) is 0 Å². The highest BCUT2D eigenvalue weighted by atomic mass is 32.2. The summed E-state index contributed by atoms with van der Waals surface area (Å²) in [6.45, 7) is 5.13. The van der Waals surface area contributed by atoms with Crippen molar-refractivity contribution in [3.8, 4) is 6.07 Å². The molecule has 3 amide bonds. The molecular formula is C17H29N7O6S4. The Hall–Kier alpha value is -2.29. The average Bonchev–Trinajstić information content (AvgIpc) is 2.83. The number of thioether (sulfide) groups is 3. The van der Waals surface area contributed by atoms with Gasteiger partial charge in [-0.05, 0) is 33.3 Å². The number of amides is 3. The van der Waals surface area contributed by atoms with Gasteiger partial charge in [-0.2, -0.15) is 5.26 Å². The smallest absolute Gasteiger partial charge is 0.323 e. The molecule has 0 aliphatic heterocycles. The lowest BCUT2D eigenvalue weighted by molar-refractivity contribution is 0.131. The first kappa shape index (κ1) is 33.9. The highest BCUT2D eigenvalue weighted by molar-refractivity contribution is 8.14. The van der Waals surface area contributed by atoms with Crippen molar-refractivity contribution in [1.82, 2.24) is 13.9 Å². The molecule has 0 rings (SSSR count). The summed E-state index contributed by atoms with van der Waals surface area (Å²) in [4.78, 5) is 47.5. The molecule has 0 spiro atoms. The van der Waals surface area contributed by atoms with Gasteiger partial charge in [-0.15, -0.1) is 35.3 Å². The van der Waals surface area contributed by atoms with Crippen LogP contribution in [0, 0.1) is 11.3 Å². The van der Waals surface area contributed by atoms with E-state index in [4.69, 9.17) is 5.26 Å². The second-order valence-corrected chi connectivity index (χ2v) is 9.96. The third-order valence-corrected chi connectivity index (χ3v) is 5.86. The van der Waals surface area contributed by atoms with Gasteiger partial charge >= 0.3 is 18.3 Å². The molecule has 0 aliphatic carbocycles. The minimum atomic E-state index is -0.711. The van der Waals surface area contributed by atoms with Crippen LogP contribution in [0.15, 0.2) is 15.5 Å². The number of carbonyl (C=O) groups is 3. The molecule has 0 atom stereocenters. The normalized spacial score (nSPS) is 11.3. The van der Waals surface area contributed by atoms with Gasteiger partial charge in [0, 0.05) is 33.3 Å². The SMILES string of the molecule is CNC(=O)O/N=C(/C)SCCC#N.CS/C(C)=N\OC(=O)N(C)SN(C)C(=O)O/N=C(/C)SC. The summed E-state index contributed by atoms with van der Waals surface area (Å²) < 4.78 is 2.20. The van der Waals surface area contributed by atoms with Crippen LogP contribution in [0.25, 0.3) is 0 Å². The van der Waals surface area contributed by atoms with Crippen LogP contribution in [-0.2, 0) is 14.5 Å². The van der Waals surface area contributed by atoms with E-state index in [0.29, 0.717) is 27.3 Å². The molecular weight excluding hydrogens is 526 g/mol. The zero-order valence-electron chi connectivity index (χ0n) is 20.2. The van der Waals surface area contributed by atoms with Gasteiger partial charge in [0.2, 0.25) is 0 Å². The van der Waals surface area contributed by atoms with Gasteiger partial charge in [0.15, 0.2) is 0 Å². The summed E-state index contributed by atoms with van der Waals surface area (Å²) in [7, 11) is 4.34. The van der Waals surface area contributed by atoms with Crippen molar-refractivity contribution in [3.05, 3.63) is 0 Å². The minimum absolute atomic E-state index is 0.456. The van der Waals surface area contributed by atoms with E-state index >= 15 is 0 Å². The van der Waals surface area contributed by atoms with E-state index in [1.54, 1.807) is 20.8 Å². The van der Waals surface area contributed by atoms with Crippen LogP contribution in [0.1, 0.15) is 27.2 Å². The minimum Gasteiger partial charge on any atom is -0.323 e. The molecule has 0 saturated carbocycles. The molecule has 17 heteroatoms. The maximum absolute atomic E-state index is 11.6. The van der Waals surface area contributed by atoms with E-state index in [-0.39, 0.29) is 0 Å². The van der Waals surface area contributed by atoms with E-state index in [1.807, 2.05) is 18.6 Å². The number of hydrogen-bond acceptors (Lipinski definition) is 14. The quantitative estimate of drug-likeness (QED) is 0.118. The van der Waals surface area contributed by atoms with Crippen molar-refractivity contribution < 1.29 is 28.9 Å². The van der Waals surface area contributed by atoms with E-state index < -0.39 is 18.3 Å². The Labute approximate surface area is 216 Å². The number of nitriles is 1. The summed E-state index contributed by atoms with van der Waals surface area (Å²) >= 11 is 4.89. The van der Waals surface area contributed by atoms with Crippen molar-refractivity contribution in [1.29, 1.82) is 5.26 Å². The van der Waals surface area contributed by atoms with Crippen LogP contribution in [-0.4, -0.2) is 81.4 Å². The Balaban J connectivity index is 0. The number of rotatable bonds is 7. The zero-order chi connectivity index (χ0) is 26.5. The number of nitrogens with one attached hydrogen (secondary N) is 1. The fourth-order valence-electron chi connectivity index (χ4n) is 1.07. The highest BCUT2D eigenvalue weighted by Crippen LogP contribution is 2.15. The van der Waals surface area contributed by atoms with Crippen molar-refractivity contribution in [2.45, 2.75) is 27.2 Å². The van der Waals surface area contributed by atoms with Crippen LogP contribution < -0.4 is 5.32 Å². The van der Waals surface area contributed by atoms with E-state index in [2.05, 4.69) is 35.3 Å². The molecule has 0 aromatic rings.